The minimum Gasteiger partial charge on any atom is -0.399 e. The second-order valence-corrected chi connectivity index (χ2v) is 3.47. The number of hydrogen-bond acceptors (Lipinski definition) is 2. The lowest BCUT2D eigenvalue weighted by Gasteiger charge is -2.07. The Balaban J connectivity index is 2.77. The zero-order chi connectivity index (χ0) is 10.1. The van der Waals surface area contributed by atoms with E-state index in [1.54, 1.807) is 0 Å². The molecule has 2 rings (SSSR count). The lowest BCUT2D eigenvalue weighted by molar-refractivity contribution is 1.15. The van der Waals surface area contributed by atoms with Crippen LogP contribution < -0.4 is 11.5 Å². The molecule has 0 radical (unpaired) electrons. The molecule has 0 aliphatic carbocycles. The number of fused-ring (bicyclic) bond motifs is 1. The molecule has 2 aromatic carbocycles. The van der Waals surface area contributed by atoms with Gasteiger partial charge in [0.05, 0.1) is 0 Å². The molecule has 0 saturated carbocycles. The summed E-state index contributed by atoms with van der Waals surface area (Å²) in [7, 11) is 0. The molecule has 0 heterocycles. The van der Waals surface area contributed by atoms with Crippen LogP contribution in [0.25, 0.3) is 10.8 Å². The van der Waals surface area contributed by atoms with Crippen LogP contribution in [0.5, 0.6) is 0 Å². The molecule has 0 fully saturated rings. The topological polar surface area (TPSA) is 52.0 Å². The minimum atomic E-state index is 0.779. The second-order valence-electron chi connectivity index (χ2n) is 3.47. The third-order valence-electron chi connectivity index (χ3n) is 2.56. The van der Waals surface area contributed by atoms with E-state index >= 15 is 0 Å². The van der Waals surface area contributed by atoms with Gasteiger partial charge < -0.3 is 11.5 Å². The fourth-order valence-corrected chi connectivity index (χ4v) is 1.73. The molecule has 2 heteroatoms. The van der Waals surface area contributed by atoms with Crippen molar-refractivity contribution >= 4 is 22.1 Å². The Morgan fingerprint density at radius 3 is 2.57 bits per heavy atom. The van der Waals surface area contributed by atoms with Gasteiger partial charge in [-0.2, -0.15) is 0 Å². The number of rotatable bonds is 1. The average Bonchev–Trinajstić information content (AvgIpc) is 2.18. The summed E-state index contributed by atoms with van der Waals surface area (Å²) < 4.78 is 0. The standard InChI is InChI=1S/C12H14N2/c1-2-8-3-4-9-7-10(13)5-6-11(9)12(8)14/h3-7H,2,13-14H2,1H3. The van der Waals surface area contributed by atoms with Gasteiger partial charge in [0, 0.05) is 16.8 Å². The maximum absolute atomic E-state index is 6.04. The van der Waals surface area contributed by atoms with Crippen molar-refractivity contribution in [3.63, 3.8) is 0 Å². The lowest BCUT2D eigenvalue weighted by atomic mass is 10.0. The van der Waals surface area contributed by atoms with E-state index < -0.39 is 0 Å². The van der Waals surface area contributed by atoms with Crippen LogP contribution in [0.1, 0.15) is 12.5 Å². The maximum Gasteiger partial charge on any atom is 0.0426 e. The molecule has 4 N–H and O–H groups in total. The normalized spacial score (nSPS) is 10.6. The van der Waals surface area contributed by atoms with Crippen molar-refractivity contribution in [3.05, 3.63) is 35.9 Å². The number of nitrogens with two attached hydrogens (primary N) is 2. The van der Waals surface area contributed by atoms with Crippen molar-refractivity contribution in [1.29, 1.82) is 0 Å². The van der Waals surface area contributed by atoms with Crippen molar-refractivity contribution < 1.29 is 0 Å². The molecule has 0 amide bonds. The summed E-state index contributed by atoms with van der Waals surface area (Å²) in [5, 5.41) is 2.21. The van der Waals surface area contributed by atoms with Crippen LogP contribution in [-0.4, -0.2) is 0 Å². The molecule has 72 valence electrons. The first-order chi connectivity index (χ1) is 6.72. The number of hydrogen-bond donors (Lipinski definition) is 2. The molecule has 0 aliphatic rings. The predicted molar refractivity (Wildman–Crippen MR) is 62.2 cm³/mol. The van der Waals surface area contributed by atoms with Crippen molar-refractivity contribution in [1.82, 2.24) is 0 Å². The molecule has 0 atom stereocenters. The summed E-state index contributed by atoms with van der Waals surface area (Å²) in [4.78, 5) is 0. The van der Waals surface area contributed by atoms with Crippen molar-refractivity contribution in [2.45, 2.75) is 13.3 Å². The Labute approximate surface area is 83.5 Å². The molecule has 2 aromatic rings. The van der Waals surface area contributed by atoms with E-state index in [0.717, 1.165) is 28.6 Å². The van der Waals surface area contributed by atoms with Crippen LogP contribution in [0.3, 0.4) is 0 Å². The predicted octanol–water partition coefficient (Wildman–Crippen LogP) is 2.57. The van der Waals surface area contributed by atoms with E-state index in [4.69, 9.17) is 11.5 Å². The van der Waals surface area contributed by atoms with Crippen LogP contribution >= 0.6 is 0 Å². The largest absolute Gasteiger partial charge is 0.399 e. The van der Waals surface area contributed by atoms with Crippen molar-refractivity contribution in [3.8, 4) is 0 Å². The van der Waals surface area contributed by atoms with Gasteiger partial charge in [0.25, 0.3) is 0 Å². The fraction of sp³-hybridized carbons (Fsp3) is 0.167. The van der Waals surface area contributed by atoms with Gasteiger partial charge in [-0.15, -0.1) is 0 Å². The summed E-state index contributed by atoms with van der Waals surface area (Å²) in [5.74, 6) is 0. The molecule has 0 aromatic heterocycles. The smallest absolute Gasteiger partial charge is 0.0426 e. The van der Waals surface area contributed by atoms with Gasteiger partial charge >= 0.3 is 0 Å². The molecule has 2 nitrogen and oxygen atoms in total. The molecule has 0 saturated heterocycles. The molecular weight excluding hydrogens is 172 g/mol. The second kappa shape index (κ2) is 3.22. The number of benzene rings is 2. The first-order valence-corrected chi connectivity index (χ1v) is 4.79. The molecular formula is C12H14N2. The average molecular weight is 186 g/mol. The molecule has 0 bridgehead atoms. The van der Waals surface area contributed by atoms with Crippen LogP contribution in [0.15, 0.2) is 30.3 Å². The van der Waals surface area contributed by atoms with Gasteiger partial charge in [0.2, 0.25) is 0 Å². The Morgan fingerprint density at radius 1 is 1.07 bits per heavy atom. The summed E-state index contributed by atoms with van der Waals surface area (Å²) in [6, 6.07) is 9.96. The summed E-state index contributed by atoms with van der Waals surface area (Å²) >= 11 is 0. The molecule has 0 aliphatic heterocycles. The van der Waals surface area contributed by atoms with Crippen molar-refractivity contribution in [2.24, 2.45) is 0 Å². The van der Waals surface area contributed by atoms with E-state index in [-0.39, 0.29) is 0 Å². The number of aryl methyl sites for hydroxylation is 1. The van der Waals surface area contributed by atoms with Crippen LogP contribution in [-0.2, 0) is 6.42 Å². The van der Waals surface area contributed by atoms with Crippen LogP contribution in [0.2, 0.25) is 0 Å². The van der Waals surface area contributed by atoms with Gasteiger partial charge in [0.15, 0.2) is 0 Å². The molecule has 14 heavy (non-hydrogen) atoms. The first kappa shape index (κ1) is 8.88. The Bertz CT molecular complexity index is 475. The minimum absolute atomic E-state index is 0.779. The number of anilines is 2. The van der Waals surface area contributed by atoms with Crippen LogP contribution in [0.4, 0.5) is 11.4 Å². The third kappa shape index (κ3) is 1.29. The van der Waals surface area contributed by atoms with Crippen LogP contribution in [0, 0.1) is 0 Å². The van der Waals surface area contributed by atoms with Gasteiger partial charge in [-0.3, -0.25) is 0 Å². The van der Waals surface area contributed by atoms with E-state index in [9.17, 15) is 0 Å². The highest BCUT2D eigenvalue weighted by molar-refractivity contribution is 5.96. The van der Waals surface area contributed by atoms with E-state index in [0.29, 0.717) is 0 Å². The first-order valence-electron chi connectivity index (χ1n) is 4.79. The highest BCUT2D eigenvalue weighted by Crippen LogP contribution is 2.26. The number of nitrogen functional groups attached to an aromatic ring is 2. The zero-order valence-corrected chi connectivity index (χ0v) is 8.25. The van der Waals surface area contributed by atoms with Crippen molar-refractivity contribution in [2.75, 3.05) is 11.5 Å². The summed E-state index contributed by atoms with van der Waals surface area (Å²) in [5.41, 5.74) is 14.6. The zero-order valence-electron chi connectivity index (χ0n) is 8.25. The summed E-state index contributed by atoms with van der Waals surface area (Å²) in [6.45, 7) is 2.11. The maximum atomic E-state index is 6.04. The Hall–Kier alpha value is -1.70. The highest BCUT2D eigenvalue weighted by atomic mass is 14.6. The van der Waals surface area contributed by atoms with Gasteiger partial charge in [-0.25, -0.2) is 0 Å². The quantitative estimate of drug-likeness (QED) is 0.672. The van der Waals surface area contributed by atoms with E-state index in [1.807, 2.05) is 18.2 Å². The SMILES string of the molecule is CCc1ccc2cc(N)ccc2c1N. The monoisotopic (exact) mass is 186 g/mol. The lowest BCUT2D eigenvalue weighted by Crippen LogP contribution is -1.94. The van der Waals surface area contributed by atoms with E-state index in [2.05, 4.69) is 19.1 Å². The Kier molecular flexibility index (Phi) is 2.04. The third-order valence-corrected chi connectivity index (χ3v) is 2.56. The van der Waals surface area contributed by atoms with Gasteiger partial charge in [-0.1, -0.05) is 25.1 Å². The fourth-order valence-electron chi connectivity index (χ4n) is 1.73. The molecule has 0 unspecified atom stereocenters. The highest BCUT2D eigenvalue weighted by Gasteiger charge is 2.02. The molecule has 0 spiro atoms. The van der Waals surface area contributed by atoms with E-state index in [1.165, 1.54) is 5.56 Å². The summed E-state index contributed by atoms with van der Waals surface area (Å²) in [6.07, 6.45) is 0.964. The Morgan fingerprint density at radius 2 is 1.86 bits per heavy atom. The van der Waals surface area contributed by atoms with Gasteiger partial charge in [0.1, 0.15) is 0 Å². The van der Waals surface area contributed by atoms with Gasteiger partial charge in [-0.05, 0) is 29.5 Å².